The zero-order valence-electron chi connectivity index (χ0n) is 12.2. The summed E-state index contributed by atoms with van der Waals surface area (Å²) < 4.78 is 0.787. The van der Waals surface area contributed by atoms with Crippen molar-refractivity contribution in [2.24, 2.45) is 0 Å². The molecule has 1 rings (SSSR count). The molecule has 0 atom stereocenters. The van der Waals surface area contributed by atoms with Crippen molar-refractivity contribution in [3.8, 4) is 0 Å². The molecule has 1 aromatic heterocycles. The SMILES string of the molecule is CCNc1ncc(Br)c(NCCC(=O)N(CC)CC)n1. The molecule has 6 nitrogen and oxygen atoms in total. The van der Waals surface area contributed by atoms with Crippen LogP contribution in [0.15, 0.2) is 10.7 Å². The second kappa shape index (κ2) is 8.73. The zero-order valence-corrected chi connectivity index (χ0v) is 13.8. The van der Waals surface area contributed by atoms with Gasteiger partial charge in [-0.3, -0.25) is 4.79 Å². The highest BCUT2D eigenvalue weighted by Crippen LogP contribution is 2.19. The number of nitrogens with zero attached hydrogens (tertiary/aromatic N) is 3. The molecule has 0 saturated carbocycles. The summed E-state index contributed by atoms with van der Waals surface area (Å²) in [6.07, 6.45) is 2.15. The Kier molecular flexibility index (Phi) is 7.28. The molecule has 0 unspecified atom stereocenters. The molecule has 0 aliphatic carbocycles. The van der Waals surface area contributed by atoms with Gasteiger partial charge in [0.1, 0.15) is 5.82 Å². The van der Waals surface area contributed by atoms with Gasteiger partial charge in [0, 0.05) is 38.8 Å². The number of rotatable bonds is 8. The van der Waals surface area contributed by atoms with Gasteiger partial charge in [0.25, 0.3) is 0 Å². The minimum absolute atomic E-state index is 0.152. The smallest absolute Gasteiger partial charge is 0.224 e. The minimum atomic E-state index is 0.152. The standard InChI is InChI=1S/C13H22BrN5O/c1-4-15-13-17-9-10(14)12(18-13)16-8-7-11(20)19(5-2)6-3/h9H,4-8H2,1-3H3,(H2,15,16,17,18). The van der Waals surface area contributed by atoms with Gasteiger partial charge in [-0.1, -0.05) is 0 Å². The van der Waals surface area contributed by atoms with Crippen molar-refractivity contribution in [3.05, 3.63) is 10.7 Å². The molecule has 1 amide bonds. The number of carbonyl (C=O) groups excluding carboxylic acids is 1. The van der Waals surface area contributed by atoms with Crippen LogP contribution in [0, 0.1) is 0 Å². The van der Waals surface area contributed by atoms with E-state index < -0.39 is 0 Å². The van der Waals surface area contributed by atoms with E-state index in [1.165, 1.54) is 0 Å². The van der Waals surface area contributed by atoms with Crippen molar-refractivity contribution in [1.29, 1.82) is 0 Å². The van der Waals surface area contributed by atoms with Crippen molar-refractivity contribution >= 4 is 33.6 Å². The average molecular weight is 344 g/mol. The van der Waals surface area contributed by atoms with Crippen LogP contribution in [0.1, 0.15) is 27.2 Å². The van der Waals surface area contributed by atoms with E-state index in [0.717, 1.165) is 24.1 Å². The predicted molar refractivity (Wildman–Crippen MR) is 84.9 cm³/mol. The molecule has 1 aromatic rings. The number of amides is 1. The zero-order chi connectivity index (χ0) is 15.0. The van der Waals surface area contributed by atoms with Gasteiger partial charge in [0.15, 0.2) is 0 Å². The molecule has 0 spiro atoms. The summed E-state index contributed by atoms with van der Waals surface area (Å²) in [4.78, 5) is 22.2. The lowest BCUT2D eigenvalue weighted by Crippen LogP contribution is -2.31. The topological polar surface area (TPSA) is 70.2 Å². The van der Waals surface area contributed by atoms with Crippen molar-refractivity contribution in [2.45, 2.75) is 27.2 Å². The molecule has 0 aromatic carbocycles. The Morgan fingerprint density at radius 1 is 1.30 bits per heavy atom. The van der Waals surface area contributed by atoms with Crippen LogP contribution in [0.4, 0.5) is 11.8 Å². The van der Waals surface area contributed by atoms with Crippen molar-refractivity contribution in [1.82, 2.24) is 14.9 Å². The summed E-state index contributed by atoms with van der Waals surface area (Å²) in [5.74, 6) is 1.43. The third-order valence-corrected chi connectivity index (χ3v) is 3.41. The van der Waals surface area contributed by atoms with Gasteiger partial charge in [0.2, 0.25) is 11.9 Å². The first-order chi connectivity index (χ1) is 9.62. The summed E-state index contributed by atoms with van der Waals surface area (Å²) >= 11 is 3.39. The van der Waals surface area contributed by atoms with E-state index in [4.69, 9.17) is 0 Å². The fourth-order valence-electron chi connectivity index (χ4n) is 1.76. The first-order valence-electron chi connectivity index (χ1n) is 6.90. The van der Waals surface area contributed by atoms with Gasteiger partial charge in [-0.2, -0.15) is 4.98 Å². The normalized spacial score (nSPS) is 10.2. The quantitative estimate of drug-likeness (QED) is 0.758. The van der Waals surface area contributed by atoms with Gasteiger partial charge in [-0.25, -0.2) is 4.98 Å². The van der Waals surface area contributed by atoms with Crippen LogP contribution in [0.3, 0.4) is 0 Å². The number of hydrogen-bond acceptors (Lipinski definition) is 5. The van der Waals surface area contributed by atoms with Crippen LogP contribution >= 0.6 is 15.9 Å². The Morgan fingerprint density at radius 2 is 2.00 bits per heavy atom. The Bertz CT molecular complexity index is 437. The minimum Gasteiger partial charge on any atom is -0.368 e. The van der Waals surface area contributed by atoms with Crippen LogP contribution < -0.4 is 10.6 Å². The number of anilines is 2. The van der Waals surface area contributed by atoms with Gasteiger partial charge in [0.05, 0.1) is 4.47 Å². The van der Waals surface area contributed by atoms with E-state index in [9.17, 15) is 4.79 Å². The highest BCUT2D eigenvalue weighted by molar-refractivity contribution is 9.10. The molecule has 20 heavy (non-hydrogen) atoms. The number of nitrogens with one attached hydrogen (secondary N) is 2. The molecule has 0 saturated heterocycles. The first kappa shape index (κ1) is 16.7. The largest absolute Gasteiger partial charge is 0.368 e. The van der Waals surface area contributed by atoms with E-state index >= 15 is 0 Å². The van der Waals surface area contributed by atoms with Crippen molar-refractivity contribution < 1.29 is 4.79 Å². The first-order valence-corrected chi connectivity index (χ1v) is 7.69. The van der Waals surface area contributed by atoms with E-state index in [0.29, 0.717) is 24.7 Å². The maximum Gasteiger partial charge on any atom is 0.224 e. The van der Waals surface area contributed by atoms with Gasteiger partial charge in [-0.15, -0.1) is 0 Å². The summed E-state index contributed by atoms with van der Waals surface area (Å²) in [5.41, 5.74) is 0. The molecule has 112 valence electrons. The Balaban J connectivity index is 2.53. The Morgan fingerprint density at radius 3 is 2.60 bits per heavy atom. The molecule has 0 fully saturated rings. The van der Waals surface area contributed by atoms with Crippen LogP contribution in [0.25, 0.3) is 0 Å². The summed E-state index contributed by atoms with van der Waals surface area (Å²) in [7, 11) is 0. The molecule has 7 heteroatoms. The van der Waals surface area contributed by atoms with Crippen LogP contribution in [0.2, 0.25) is 0 Å². The number of halogens is 1. The lowest BCUT2D eigenvalue weighted by molar-refractivity contribution is -0.130. The molecule has 0 aliphatic rings. The van der Waals surface area contributed by atoms with E-state index in [2.05, 4.69) is 36.5 Å². The molecule has 0 radical (unpaired) electrons. The summed E-state index contributed by atoms with van der Waals surface area (Å²) in [6.45, 7) is 8.77. The van der Waals surface area contributed by atoms with Gasteiger partial charge >= 0.3 is 0 Å². The van der Waals surface area contributed by atoms with Crippen molar-refractivity contribution in [2.75, 3.05) is 36.8 Å². The van der Waals surface area contributed by atoms with E-state index in [-0.39, 0.29) is 5.91 Å². The highest BCUT2D eigenvalue weighted by Gasteiger charge is 2.10. The molecular formula is C13H22BrN5O. The second-order valence-corrected chi connectivity index (χ2v) is 5.02. The van der Waals surface area contributed by atoms with Crippen LogP contribution in [-0.4, -0.2) is 47.0 Å². The van der Waals surface area contributed by atoms with Crippen LogP contribution in [0.5, 0.6) is 0 Å². The highest BCUT2D eigenvalue weighted by atomic mass is 79.9. The number of aromatic nitrogens is 2. The number of hydrogen-bond donors (Lipinski definition) is 2. The molecule has 2 N–H and O–H groups in total. The fourth-order valence-corrected chi connectivity index (χ4v) is 2.09. The predicted octanol–water partition coefficient (Wildman–Crippen LogP) is 2.34. The van der Waals surface area contributed by atoms with E-state index in [1.54, 1.807) is 6.20 Å². The van der Waals surface area contributed by atoms with Gasteiger partial charge in [-0.05, 0) is 36.7 Å². The average Bonchev–Trinajstić information content (AvgIpc) is 2.44. The summed E-state index contributed by atoms with van der Waals surface area (Å²) in [6, 6.07) is 0. The second-order valence-electron chi connectivity index (χ2n) is 4.16. The lowest BCUT2D eigenvalue weighted by Gasteiger charge is -2.18. The Labute approximate surface area is 128 Å². The lowest BCUT2D eigenvalue weighted by atomic mass is 10.3. The van der Waals surface area contributed by atoms with Crippen molar-refractivity contribution in [3.63, 3.8) is 0 Å². The maximum atomic E-state index is 11.9. The van der Waals surface area contributed by atoms with Gasteiger partial charge < -0.3 is 15.5 Å². The molecular weight excluding hydrogens is 322 g/mol. The number of carbonyl (C=O) groups is 1. The third-order valence-electron chi connectivity index (χ3n) is 2.83. The molecule has 1 heterocycles. The van der Waals surface area contributed by atoms with E-state index in [1.807, 2.05) is 25.7 Å². The monoisotopic (exact) mass is 343 g/mol. The fraction of sp³-hybridized carbons (Fsp3) is 0.615. The Hall–Kier alpha value is -1.37. The third kappa shape index (κ3) is 4.96. The summed E-state index contributed by atoms with van der Waals surface area (Å²) in [5, 5.41) is 6.21. The maximum absolute atomic E-state index is 11.9. The van der Waals surface area contributed by atoms with Crippen LogP contribution in [-0.2, 0) is 4.79 Å². The molecule has 0 bridgehead atoms. The molecule has 0 aliphatic heterocycles.